The summed E-state index contributed by atoms with van der Waals surface area (Å²) in [6.07, 6.45) is 12.4. The Kier molecular flexibility index (Phi) is 12.3. The van der Waals surface area contributed by atoms with Crippen LogP contribution in [0.4, 0.5) is 17.3 Å². The Hall–Kier alpha value is -5.69. The number of H-pyrrole nitrogens is 1. The Balaban J connectivity index is 0.898. The second-order valence-corrected chi connectivity index (χ2v) is 20.6. The van der Waals surface area contributed by atoms with Crippen LogP contribution in [0.25, 0.3) is 11.0 Å². The van der Waals surface area contributed by atoms with Crippen molar-refractivity contribution in [2.75, 3.05) is 49.6 Å². The fourth-order valence-corrected chi connectivity index (χ4v) is 11.2. The van der Waals surface area contributed by atoms with Crippen LogP contribution >= 0.6 is 0 Å². The highest BCUT2D eigenvalue weighted by Gasteiger charge is 2.50. The number of aromatic nitrogens is 4. The molecule has 344 valence electrons. The molecule has 2 saturated carbocycles. The number of hydrogen-bond donors (Lipinski definition) is 4. The van der Waals surface area contributed by atoms with E-state index in [-0.39, 0.29) is 34.5 Å². The maximum Gasteiger partial charge on any atom is 0.312 e. The van der Waals surface area contributed by atoms with Gasteiger partial charge in [0.25, 0.3) is 15.9 Å². The van der Waals surface area contributed by atoms with Gasteiger partial charge in [0.05, 0.1) is 42.2 Å². The number of nitro groups is 1. The molecule has 1 amide bonds. The number of aromatic amines is 1. The van der Waals surface area contributed by atoms with Gasteiger partial charge in [0.2, 0.25) is 5.82 Å². The zero-order chi connectivity index (χ0) is 45.5. The summed E-state index contributed by atoms with van der Waals surface area (Å²) in [7, 11) is -4.66. The number of hydrogen-bond acceptors (Lipinski definition) is 14. The Morgan fingerprint density at radius 2 is 1.80 bits per heavy atom. The number of ether oxygens (including phenoxy) is 2. The number of carbonyl (C=O) groups excluding carboxylic acids is 1. The van der Waals surface area contributed by atoms with Crippen LogP contribution in [0.1, 0.15) is 106 Å². The van der Waals surface area contributed by atoms with Crippen LogP contribution in [0.3, 0.4) is 0 Å². The smallest absolute Gasteiger partial charge is 0.312 e. The lowest BCUT2D eigenvalue weighted by molar-refractivity contribution is -0.384. The van der Waals surface area contributed by atoms with Crippen LogP contribution < -0.4 is 19.7 Å². The number of anilines is 2. The van der Waals surface area contributed by atoms with E-state index in [1.165, 1.54) is 23.5 Å². The number of benzene rings is 1. The fourth-order valence-electron chi connectivity index (χ4n) is 10.2. The second-order valence-electron chi connectivity index (χ2n) is 18.9. The molecule has 4 aromatic heterocycles. The number of morpholine rings is 1. The summed E-state index contributed by atoms with van der Waals surface area (Å²) in [5.74, 6) is 0.432. The van der Waals surface area contributed by atoms with Gasteiger partial charge in [0.15, 0.2) is 0 Å². The molecule has 18 heteroatoms. The largest absolute Gasteiger partial charge is 0.455 e. The summed E-state index contributed by atoms with van der Waals surface area (Å²) >= 11 is 0. The van der Waals surface area contributed by atoms with Gasteiger partial charge in [-0.2, -0.15) is 0 Å². The summed E-state index contributed by atoms with van der Waals surface area (Å²) in [4.78, 5) is 45.8. The highest BCUT2D eigenvalue weighted by atomic mass is 32.2. The summed E-state index contributed by atoms with van der Waals surface area (Å²) in [6, 6.07) is 15.6. The number of aliphatic hydroxyl groups is 1. The number of nitrogens with zero attached hydrogens (tertiary/aromatic N) is 6. The van der Waals surface area contributed by atoms with E-state index in [1.807, 2.05) is 6.07 Å². The molecular weight excluding hydrogens is 851 g/mol. The van der Waals surface area contributed by atoms with Gasteiger partial charge in [0, 0.05) is 62.1 Å². The normalized spacial score (nSPS) is 22.8. The quantitative estimate of drug-likeness (QED) is 0.0666. The standard InChI is InChI=1S/C47H57N9O8S/c1-30(2)36-6-4-5-7-37(36)40-29-63-19-18-55(40)33-23-47(24-33)13-16-54(17-14-47)42-22-41(64-34-20-32-10-15-48-43(32)51-26-34)38(28-49-42)45(57)53-65(61,62)35-21-39(56(59)60)44(52-27-35)50-25-31-8-11-46(3,58)12-9-31/h4-7,10,15,20-22,26-28,30-31,33,40,58H,8-9,11-14,16-19,23-25,29H2,1-3H3,(H,48,51)(H,50,52)(H,53,57)/t31?,40-,46?/m1/s1. The van der Waals surface area contributed by atoms with Gasteiger partial charge in [-0.05, 0) is 98.8 Å². The first kappa shape index (κ1) is 44.5. The number of sulfonamides is 1. The van der Waals surface area contributed by atoms with Crippen LogP contribution in [0.2, 0.25) is 0 Å². The van der Waals surface area contributed by atoms with E-state index in [9.17, 15) is 28.4 Å². The highest BCUT2D eigenvalue weighted by Crippen LogP contribution is 2.53. The SMILES string of the molecule is CC(C)c1ccccc1[C@H]1COCCN1C1CC2(CCN(c3cc(Oc4cnc5[nH]ccc5c4)c(C(=O)NS(=O)(=O)c4cnc(NCC5CCC(C)(O)CC5)c([N+](=O)[O-])c4)cn3)CC2)C1. The Labute approximate surface area is 378 Å². The summed E-state index contributed by atoms with van der Waals surface area (Å²) < 4.78 is 41.8. The van der Waals surface area contributed by atoms with Gasteiger partial charge in [-0.15, -0.1) is 0 Å². The Morgan fingerprint density at radius 3 is 2.55 bits per heavy atom. The predicted octanol–water partition coefficient (Wildman–Crippen LogP) is 7.47. The topological polar surface area (TPSA) is 218 Å². The van der Waals surface area contributed by atoms with Crippen molar-refractivity contribution in [3.8, 4) is 11.5 Å². The number of nitrogens with one attached hydrogen (secondary N) is 3. The minimum absolute atomic E-state index is 0.0660. The predicted molar refractivity (Wildman–Crippen MR) is 245 cm³/mol. The lowest BCUT2D eigenvalue weighted by Crippen LogP contribution is -2.58. The first-order valence-corrected chi connectivity index (χ1v) is 24.1. The number of pyridine rings is 3. The molecule has 9 rings (SSSR count). The summed E-state index contributed by atoms with van der Waals surface area (Å²) in [5.41, 5.74) is 2.18. The minimum Gasteiger partial charge on any atom is -0.455 e. The van der Waals surface area contributed by atoms with Crippen molar-refractivity contribution >= 4 is 44.3 Å². The fraction of sp³-hybridized carbons (Fsp3) is 0.489. The van der Waals surface area contributed by atoms with Gasteiger partial charge >= 0.3 is 5.69 Å². The van der Waals surface area contributed by atoms with Gasteiger partial charge in [-0.1, -0.05) is 38.1 Å². The monoisotopic (exact) mass is 907 g/mol. The number of carbonyl (C=O) groups is 1. The average molecular weight is 908 g/mol. The highest BCUT2D eigenvalue weighted by molar-refractivity contribution is 7.90. The molecule has 6 heterocycles. The molecule has 4 N–H and O–H groups in total. The molecule has 17 nitrogen and oxygen atoms in total. The molecule has 4 aliphatic rings. The Bertz CT molecular complexity index is 2660. The molecule has 0 unspecified atom stereocenters. The van der Waals surface area contributed by atoms with Crippen molar-refractivity contribution in [2.45, 2.75) is 101 Å². The molecule has 2 saturated heterocycles. The van der Waals surface area contributed by atoms with E-state index >= 15 is 0 Å². The lowest BCUT2D eigenvalue weighted by atomic mass is 9.59. The molecule has 1 spiro atoms. The van der Waals surface area contributed by atoms with Gasteiger partial charge in [-0.3, -0.25) is 19.8 Å². The van der Waals surface area contributed by atoms with Crippen molar-refractivity contribution < 1.29 is 32.7 Å². The number of amides is 1. The molecule has 5 aromatic rings. The van der Waals surface area contributed by atoms with Crippen LogP contribution in [0.5, 0.6) is 11.5 Å². The van der Waals surface area contributed by atoms with E-state index in [0.29, 0.717) is 55.2 Å². The molecular formula is C47H57N9O8S. The number of fused-ring (bicyclic) bond motifs is 1. The van der Waals surface area contributed by atoms with Crippen molar-refractivity contribution in [1.82, 2.24) is 29.6 Å². The van der Waals surface area contributed by atoms with E-state index in [1.54, 1.807) is 25.3 Å². The summed E-state index contributed by atoms with van der Waals surface area (Å²) in [5, 5.41) is 26.2. The van der Waals surface area contributed by atoms with E-state index < -0.39 is 37.0 Å². The average Bonchev–Trinajstić information content (AvgIpc) is 3.76. The first-order chi connectivity index (χ1) is 31.2. The molecule has 2 aliphatic heterocycles. The lowest BCUT2D eigenvalue weighted by Gasteiger charge is -2.57. The number of piperidine rings is 1. The molecule has 0 radical (unpaired) electrons. The van der Waals surface area contributed by atoms with Crippen LogP contribution in [-0.2, 0) is 14.8 Å². The third kappa shape index (κ3) is 9.53. The van der Waals surface area contributed by atoms with E-state index in [0.717, 1.165) is 82.4 Å². The molecule has 1 atom stereocenters. The Morgan fingerprint density at radius 1 is 1.03 bits per heavy atom. The zero-order valence-electron chi connectivity index (χ0n) is 37.0. The van der Waals surface area contributed by atoms with E-state index in [2.05, 4.69) is 77.9 Å². The molecule has 2 aliphatic carbocycles. The van der Waals surface area contributed by atoms with E-state index in [4.69, 9.17) is 9.47 Å². The number of rotatable bonds is 13. The van der Waals surface area contributed by atoms with Crippen molar-refractivity contribution in [3.05, 3.63) is 100 Å². The molecule has 4 fully saturated rings. The molecule has 65 heavy (non-hydrogen) atoms. The third-order valence-electron chi connectivity index (χ3n) is 14.1. The van der Waals surface area contributed by atoms with Crippen LogP contribution in [-0.4, -0.2) is 100 Å². The minimum atomic E-state index is -4.66. The maximum atomic E-state index is 13.9. The van der Waals surface area contributed by atoms with Crippen LogP contribution in [0.15, 0.2) is 78.2 Å². The first-order valence-electron chi connectivity index (χ1n) is 22.6. The van der Waals surface area contributed by atoms with Gasteiger partial charge in [0.1, 0.15) is 33.4 Å². The zero-order valence-corrected chi connectivity index (χ0v) is 37.9. The van der Waals surface area contributed by atoms with Crippen LogP contribution in [0, 0.1) is 21.4 Å². The second kappa shape index (κ2) is 17.9. The molecule has 1 aromatic carbocycles. The maximum absolute atomic E-state index is 13.9. The van der Waals surface area contributed by atoms with Crippen molar-refractivity contribution in [1.29, 1.82) is 0 Å². The molecule has 0 bridgehead atoms. The van der Waals surface area contributed by atoms with Crippen molar-refractivity contribution in [2.24, 2.45) is 11.3 Å². The van der Waals surface area contributed by atoms with Gasteiger partial charge in [-0.25, -0.2) is 28.1 Å². The van der Waals surface area contributed by atoms with Crippen molar-refractivity contribution in [3.63, 3.8) is 0 Å². The summed E-state index contributed by atoms with van der Waals surface area (Å²) in [6.45, 7) is 10.5. The van der Waals surface area contributed by atoms with Gasteiger partial charge < -0.3 is 29.8 Å². The third-order valence-corrected chi connectivity index (χ3v) is 15.4.